The number of ether oxygens (including phenoxy) is 1. The Bertz CT molecular complexity index is 944. The zero-order valence-corrected chi connectivity index (χ0v) is 18.1. The zero-order chi connectivity index (χ0) is 22.2. The van der Waals surface area contributed by atoms with Gasteiger partial charge in [-0.2, -0.15) is 0 Å². The first kappa shape index (κ1) is 22.3. The molecule has 0 bridgehead atoms. The van der Waals surface area contributed by atoms with Gasteiger partial charge in [-0.25, -0.2) is 4.79 Å². The van der Waals surface area contributed by atoms with E-state index in [1.165, 1.54) is 5.56 Å². The minimum Gasteiger partial charge on any atom is -0.452 e. The molecule has 1 aliphatic heterocycles. The molecule has 0 atom stereocenters. The highest BCUT2D eigenvalue weighted by Gasteiger charge is 2.22. The van der Waals surface area contributed by atoms with Crippen LogP contribution in [0.3, 0.4) is 0 Å². The molecule has 7 heteroatoms. The normalized spacial score (nSPS) is 13.2. The van der Waals surface area contributed by atoms with Crippen LogP contribution >= 0.6 is 0 Å². The fourth-order valence-corrected chi connectivity index (χ4v) is 3.61. The number of amides is 2. The van der Waals surface area contributed by atoms with Gasteiger partial charge in [0.15, 0.2) is 6.61 Å². The number of hydrogen-bond acceptors (Lipinski definition) is 5. The zero-order valence-electron chi connectivity index (χ0n) is 18.1. The molecule has 1 heterocycles. The van der Waals surface area contributed by atoms with Gasteiger partial charge in [-0.3, -0.25) is 9.59 Å². The van der Waals surface area contributed by atoms with Crippen molar-refractivity contribution in [1.29, 1.82) is 0 Å². The summed E-state index contributed by atoms with van der Waals surface area (Å²) in [6, 6.07) is 15.0. The number of likely N-dealkylation sites (N-methyl/N-ethyl adjacent to an activating group) is 1. The third-order valence-electron chi connectivity index (χ3n) is 5.25. The summed E-state index contributed by atoms with van der Waals surface area (Å²) >= 11 is 0. The predicted octanol–water partition coefficient (Wildman–Crippen LogP) is 2.92. The molecule has 2 aromatic rings. The van der Waals surface area contributed by atoms with Crippen LogP contribution < -0.4 is 15.1 Å². The summed E-state index contributed by atoms with van der Waals surface area (Å²) in [5.74, 6) is -0.880. The molecule has 0 radical (unpaired) electrons. The maximum Gasteiger partial charge on any atom is 0.338 e. The van der Waals surface area contributed by atoms with E-state index in [0.29, 0.717) is 37.3 Å². The van der Waals surface area contributed by atoms with Gasteiger partial charge >= 0.3 is 5.97 Å². The van der Waals surface area contributed by atoms with E-state index in [0.717, 1.165) is 18.7 Å². The van der Waals surface area contributed by atoms with E-state index in [1.54, 1.807) is 29.2 Å². The molecule has 3 rings (SSSR count). The third kappa shape index (κ3) is 6.07. The van der Waals surface area contributed by atoms with Crippen LogP contribution in [0.4, 0.5) is 11.4 Å². The van der Waals surface area contributed by atoms with Crippen molar-refractivity contribution in [3.8, 4) is 0 Å². The number of esters is 1. The molecule has 7 nitrogen and oxygen atoms in total. The summed E-state index contributed by atoms with van der Waals surface area (Å²) in [6.07, 6.45) is 1.33. The van der Waals surface area contributed by atoms with Crippen LogP contribution in [0.1, 0.15) is 35.7 Å². The molecule has 0 unspecified atom stereocenters. The Morgan fingerprint density at radius 1 is 1.16 bits per heavy atom. The maximum absolute atomic E-state index is 12.3. The molecule has 2 aromatic carbocycles. The molecule has 1 fully saturated rings. The molecule has 164 valence electrons. The van der Waals surface area contributed by atoms with E-state index in [9.17, 15) is 14.4 Å². The molecule has 0 spiro atoms. The first-order valence-electron chi connectivity index (χ1n) is 10.6. The van der Waals surface area contributed by atoms with Crippen molar-refractivity contribution in [3.05, 3.63) is 59.7 Å². The summed E-state index contributed by atoms with van der Waals surface area (Å²) in [7, 11) is 0. The van der Waals surface area contributed by atoms with Crippen LogP contribution in [0.2, 0.25) is 0 Å². The lowest BCUT2D eigenvalue weighted by Gasteiger charge is -2.23. The first-order valence-corrected chi connectivity index (χ1v) is 10.6. The fourth-order valence-electron chi connectivity index (χ4n) is 3.61. The van der Waals surface area contributed by atoms with Crippen molar-refractivity contribution < 1.29 is 19.1 Å². The Kier molecular flexibility index (Phi) is 7.65. The molecular weight excluding hydrogens is 394 g/mol. The second kappa shape index (κ2) is 10.6. The molecule has 0 aliphatic carbocycles. The van der Waals surface area contributed by atoms with Gasteiger partial charge in [0.05, 0.1) is 5.56 Å². The van der Waals surface area contributed by atoms with Gasteiger partial charge in [0.1, 0.15) is 0 Å². The molecular formula is C24H29N3O4. The molecule has 1 N–H and O–H groups in total. The quantitative estimate of drug-likeness (QED) is 0.628. The van der Waals surface area contributed by atoms with E-state index in [4.69, 9.17) is 4.74 Å². The third-order valence-corrected chi connectivity index (χ3v) is 5.25. The molecule has 2 amide bonds. The van der Waals surface area contributed by atoms with E-state index in [2.05, 4.69) is 23.2 Å². The highest BCUT2D eigenvalue weighted by molar-refractivity contribution is 5.97. The fraction of sp³-hybridized carbons (Fsp3) is 0.375. The standard InChI is InChI=1S/C24H29N3O4/c1-3-26(20-9-4-7-18(2)15-20)14-12-25-22(28)17-31-24(30)19-8-5-10-21(16-19)27-13-6-11-23(27)29/h4-5,7-10,15-16H,3,6,11-14,17H2,1-2H3,(H,25,28). The second-order valence-corrected chi connectivity index (χ2v) is 7.54. The number of nitrogens with zero attached hydrogens (tertiary/aromatic N) is 2. The number of carbonyl (C=O) groups excluding carboxylic acids is 3. The van der Waals surface area contributed by atoms with Crippen LogP contribution in [-0.2, 0) is 14.3 Å². The van der Waals surface area contributed by atoms with Crippen molar-refractivity contribution in [2.75, 3.05) is 42.6 Å². The number of hydrogen-bond donors (Lipinski definition) is 1. The number of rotatable bonds is 9. The number of carbonyl (C=O) groups is 3. The summed E-state index contributed by atoms with van der Waals surface area (Å²) in [5, 5.41) is 2.79. The van der Waals surface area contributed by atoms with Gasteiger partial charge in [0.25, 0.3) is 5.91 Å². The minimum atomic E-state index is -0.585. The smallest absolute Gasteiger partial charge is 0.338 e. The number of anilines is 2. The lowest BCUT2D eigenvalue weighted by atomic mass is 10.2. The van der Waals surface area contributed by atoms with Crippen molar-refractivity contribution in [1.82, 2.24) is 5.32 Å². The van der Waals surface area contributed by atoms with Gasteiger partial charge in [-0.1, -0.05) is 18.2 Å². The molecule has 0 saturated carbocycles. The second-order valence-electron chi connectivity index (χ2n) is 7.54. The van der Waals surface area contributed by atoms with Crippen molar-refractivity contribution in [2.24, 2.45) is 0 Å². The van der Waals surface area contributed by atoms with Crippen molar-refractivity contribution in [3.63, 3.8) is 0 Å². The average molecular weight is 424 g/mol. The van der Waals surface area contributed by atoms with Crippen LogP contribution in [-0.4, -0.2) is 50.6 Å². The molecule has 1 aliphatic rings. The predicted molar refractivity (Wildman–Crippen MR) is 120 cm³/mol. The molecule has 0 aromatic heterocycles. The summed E-state index contributed by atoms with van der Waals surface area (Å²) in [6.45, 7) is 6.35. The van der Waals surface area contributed by atoms with E-state index < -0.39 is 5.97 Å². The lowest BCUT2D eigenvalue weighted by molar-refractivity contribution is -0.124. The first-order chi connectivity index (χ1) is 15.0. The molecule has 1 saturated heterocycles. The van der Waals surface area contributed by atoms with Crippen LogP contribution in [0.15, 0.2) is 48.5 Å². The lowest BCUT2D eigenvalue weighted by Crippen LogP contribution is -2.36. The summed E-state index contributed by atoms with van der Waals surface area (Å²) in [4.78, 5) is 40.2. The number of aryl methyl sites for hydroxylation is 1. The highest BCUT2D eigenvalue weighted by atomic mass is 16.5. The van der Waals surface area contributed by atoms with Gasteiger partial charge in [-0.05, 0) is 56.2 Å². The Balaban J connectivity index is 1.45. The largest absolute Gasteiger partial charge is 0.452 e. The van der Waals surface area contributed by atoms with Gasteiger partial charge in [-0.15, -0.1) is 0 Å². The number of benzene rings is 2. The van der Waals surface area contributed by atoms with E-state index in [1.807, 2.05) is 25.1 Å². The van der Waals surface area contributed by atoms with Gasteiger partial charge in [0, 0.05) is 44.0 Å². The van der Waals surface area contributed by atoms with Crippen LogP contribution in [0.25, 0.3) is 0 Å². The van der Waals surface area contributed by atoms with Crippen molar-refractivity contribution in [2.45, 2.75) is 26.7 Å². The Morgan fingerprint density at radius 3 is 2.68 bits per heavy atom. The van der Waals surface area contributed by atoms with E-state index in [-0.39, 0.29) is 18.4 Å². The Labute approximate surface area is 183 Å². The van der Waals surface area contributed by atoms with Crippen LogP contribution in [0.5, 0.6) is 0 Å². The Hall–Kier alpha value is -3.35. The van der Waals surface area contributed by atoms with Crippen LogP contribution in [0, 0.1) is 6.92 Å². The minimum absolute atomic E-state index is 0.0525. The Morgan fingerprint density at radius 2 is 1.97 bits per heavy atom. The monoisotopic (exact) mass is 423 g/mol. The summed E-state index contributed by atoms with van der Waals surface area (Å²) < 4.78 is 5.15. The average Bonchev–Trinajstić information content (AvgIpc) is 3.21. The topological polar surface area (TPSA) is 79.0 Å². The van der Waals surface area contributed by atoms with Crippen molar-refractivity contribution >= 4 is 29.2 Å². The number of nitrogens with one attached hydrogen (secondary N) is 1. The maximum atomic E-state index is 12.3. The molecule has 31 heavy (non-hydrogen) atoms. The SMILES string of the molecule is CCN(CCNC(=O)COC(=O)c1cccc(N2CCCC2=O)c1)c1cccc(C)c1. The van der Waals surface area contributed by atoms with Gasteiger partial charge in [0.2, 0.25) is 5.91 Å². The van der Waals surface area contributed by atoms with Gasteiger partial charge < -0.3 is 19.9 Å². The highest BCUT2D eigenvalue weighted by Crippen LogP contribution is 2.22. The summed E-state index contributed by atoms with van der Waals surface area (Å²) in [5.41, 5.74) is 3.29. The van der Waals surface area contributed by atoms with E-state index >= 15 is 0 Å².